The van der Waals surface area contributed by atoms with Gasteiger partial charge in [-0.25, -0.2) is 9.79 Å². The minimum atomic E-state index is -0.733. The lowest BCUT2D eigenvalue weighted by atomic mass is 9.95. The van der Waals surface area contributed by atoms with Crippen LogP contribution >= 0.6 is 11.3 Å². The molecule has 5 aromatic rings. The highest BCUT2D eigenvalue weighted by Crippen LogP contribution is 2.36. The normalized spacial score (nSPS) is 15.0. The molecule has 1 aliphatic rings. The average molecular weight is 592 g/mol. The quantitative estimate of drug-likeness (QED) is 0.223. The molecule has 7 nitrogen and oxygen atoms in total. The van der Waals surface area contributed by atoms with E-state index in [1.807, 2.05) is 49.4 Å². The minimum Gasteiger partial charge on any atom is -0.494 e. The van der Waals surface area contributed by atoms with E-state index >= 15 is 0 Å². The summed E-state index contributed by atoms with van der Waals surface area (Å²) in [6.45, 7) is 8.94. The van der Waals surface area contributed by atoms with Crippen LogP contribution in [-0.4, -0.2) is 28.3 Å². The van der Waals surface area contributed by atoms with Crippen molar-refractivity contribution in [2.45, 2.75) is 40.3 Å². The first-order valence-electron chi connectivity index (χ1n) is 14.4. The molecule has 0 radical (unpaired) electrons. The van der Waals surface area contributed by atoms with E-state index in [1.54, 1.807) is 18.4 Å². The second kappa shape index (κ2) is 11.9. The molecule has 1 aliphatic heterocycles. The molecule has 0 bridgehead atoms. The van der Waals surface area contributed by atoms with Gasteiger partial charge in [0.2, 0.25) is 0 Å². The van der Waals surface area contributed by atoms with Crippen LogP contribution in [0, 0.1) is 6.92 Å². The van der Waals surface area contributed by atoms with Gasteiger partial charge in [-0.2, -0.15) is 0 Å². The molecule has 2 aromatic heterocycles. The van der Waals surface area contributed by atoms with E-state index in [2.05, 4.69) is 54.1 Å². The zero-order valence-corrected chi connectivity index (χ0v) is 25.5. The summed E-state index contributed by atoms with van der Waals surface area (Å²) in [5.41, 5.74) is 5.82. The molecule has 218 valence electrons. The van der Waals surface area contributed by atoms with Gasteiger partial charge in [0.05, 0.1) is 29.0 Å². The van der Waals surface area contributed by atoms with E-state index in [0.29, 0.717) is 45.1 Å². The Morgan fingerprint density at radius 2 is 1.79 bits per heavy atom. The lowest BCUT2D eigenvalue weighted by molar-refractivity contribution is -0.139. The molecular weight excluding hydrogens is 558 g/mol. The van der Waals surface area contributed by atoms with E-state index in [9.17, 15) is 9.59 Å². The molecule has 0 N–H and O–H groups in total. The van der Waals surface area contributed by atoms with E-state index in [1.165, 1.54) is 22.5 Å². The zero-order valence-electron chi connectivity index (χ0n) is 24.7. The van der Waals surface area contributed by atoms with Crippen molar-refractivity contribution in [1.82, 2.24) is 9.13 Å². The second-order valence-electron chi connectivity index (χ2n) is 10.5. The Labute approximate surface area is 253 Å². The Morgan fingerprint density at radius 1 is 1.00 bits per heavy atom. The van der Waals surface area contributed by atoms with Crippen LogP contribution in [0.2, 0.25) is 0 Å². The van der Waals surface area contributed by atoms with E-state index < -0.39 is 12.0 Å². The number of fused-ring (bicyclic) bond motifs is 2. The molecule has 0 fully saturated rings. The standard InChI is InChI=1S/C35H33N3O4S/c1-5-41-29-17-10-8-15-27(29)32-31(34(40)42-6-2)23(4)36-35-38(32)33(39)30(43-35)19-25-21-37(28-16-9-7-14-26(25)28)20-24-13-11-12-22(3)18-24/h7-19,21,32H,5-6,20H2,1-4H3/b30-19-/t32-/m1/s1. The first kappa shape index (κ1) is 28.4. The van der Waals surface area contributed by atoms with Gasteiger partial charge in [-0.3, -0.25) is 9.36 Å². The number of carbonyl (C=O) groups excluding carboxylic acids is 1. The van der Waals surface area contributed by atoms with Crippen molar-refractivity contribution < 1.29 is 14.3 Å². The summed E-state index contributed by atoms with van der Waals surface area (Å²) in [5.74, 6) is 0.119. The fourth-order valence-electron chi connectivity index (χ4n) is 5.75. The van der Waals surface area contributed by atoms with Crippen molar-refractivity contribution in [3.8, 4) is 5.75 Å². The van der Waals surface area contributed by atoms with Gasteiger partial charge in [-0.1, -0.05) is 77.6 Å². The minimum absolute atomic E-state index is 0.215. The number of hydrogen-bond acceptors (Lipinski definition) is 6. The molecule has 8 heteroatoms. The summed E-state index contributed by atoms with van der Waals surface area (Å²) in [5, 5.41) is 1.06. The summed E-state index contributed by atoms with van der Waals surface area (Å²) >= 11 is 1.32. The summed E-state index contributed by atoms with van der Waals surface area (Å²) in [4.78, 5) is 32.8. The highest BCUT2D eigenvalue weighted by atomic mass is 32.1. The lowest BCUT2D eigenvalue weighted by Gasteiger charge is -2.26. The van der Waals surface area contributed by atoms with Gasteiger partial charge < -0.3 is 14.0 Å². The van der Waals surface area contributed by atoms with Gasteiger partial charge in [-0.05, 0) is 51.5 Å². The predicted octanol–water partition coefficient (Wildman–Crippen LogP) is 5.51. The Morgan fingerprint density at radius 3 is 2.58 bits per heavy atom. The smallest absolute Gasteiger partial charge is 0.338 e. The van der Waals surface area contributed by atoms with Gasteiger partial charge in [0.1, 0.15) is 11.8 Å². The van der Waals surface area contributed by atoms with Crippen molar-refractivity contribution in [3.05, 3.63) is 132 Å². The molecule has 0 saturated carbocycles. The van der Waals surface area contributed by atoms with Crippen LogP contribution in [-0.2, 0) is 16.1 Å². The van der Waals surface area contributed by atoms with Gasteiger partial charge in [-0.15, -0.1) is 0 Å². The van der Waals surface area contributed by atoms with E-state index in [4.69, 9.17) is 14.5 Å². The van der Waals surface area contributed by atoms with Crippen LogP contribution in [0.25, 0.3) is 17.0 Å². The number of thiazole rings is 1. The third-order valence-electron chi connectivity index (χ3n) is 7.57. The molecule has 6 rings (SSSR count). The first-order chi connectivity index (χ1) is 20.9. The third kappa shape index (κ3) is 5.34. The first-order valence-corrected chi connectivity index (χ1v) is 15.3. The van der Waals surface area contributed by atoms with Crippen LogP contribution in [0.4, 0.5) is 0 Å². The molecule has 0 spiro atoms. The molecule has 3 aromatic carbocycles. The van der Waals surface area contributed by atoms with Crippen LogP contribution < -0.4 is 19.6 Å². The van der Waals surface area contributed by atoms with Crippen LogP contribution in [0.3, 0.4) is 0 Å². The molecule has 0 aliphatic carbocycles. The summed E-state index contributed by atoms with van der Waals surface area (Å²) in [6.07, 6.45) is 4.04. The number of ether oxygens (including phenoxy) is 2. The average Bonchev–Trinajstić information content (AvgIpc) is 3.49. The number of rotatable bonds is 8. The Kier molecular flexibility index (Phi) is 7.86. The summed E-state index contributed by atoms with van der Waals surface area (Å²) in [7, 11) is 0. The fraction of sp³-hybridized carbons (Fsp3) is 0.229. The number of carbonyl (C=O) groups is 1. The summed E-state index contributed by atoms with van der Waals surface area (Å²) < 4.78 is 15.8. The van der Waals surface area contributed by atoms with Crippen molar-refractivity contribution in [3.63, 3.8) is 0 Å². The number of esters is 1. The molecular formula is C35H33N3O4S. The SMILES string of the molecule is CCOC(=O)C1=C(C)N=c2s/c(=C\c3cn(Cc4cccc(C)c4)c4ccccc34)c(=O)n2[C@@H]1c1ccccc1OCC. The largest absolute Gasteiger partial charge is 0.494 e. The number of benzene rings is 3. The number of aromatic nitrogens is 2. The second-order valence-corrected chi connectivity index (χ2v) is 11.5. The Hall–Kier alpha value is -4.69. The van der Waals surface area contributed by atoms with Crippen LogP contribution in [0.5, 0.6) is 5.75 Å². The van der Waals surface area contributed by atoms with Crippen molar-refractivity contribution in [2.75, 3.05) is 13.2 Å². The molecule has 0 unspecified atom stereocenters. The fourth-order valence-corrected chi connectivity index (χ4v) is 6.79. The van der Waals surface area contributed by atoms with Gasteiger partial charge in [0.15, 0.2) is 4.80 Å². The lowest BCUT2D eigenvalue weighted by Crippen LogP contribution is -2.40. The highest BCUT2D eigenvalue weighted by molar-refractivity contribution is 7.07. The molecule has 1 atom stereocenters. The third-order valence-corrected chi connectivity index (χ3v) is 8.55. The van der Waals surface area contributed by atoms with E-state index in [-0.39, 0.29) is 12.2 Å². The molecule has 0 amide bonds. The molecule has 43 heavy (non-hydrogen) atoms. The van der Waals surface area contributed by atoms with E-state index in [0.717, 1.165) is 16.5 Å². The predicted molar refractivity (Wildman–Crippen MR) is 170 cm³/mol. The monoisotopic (exact) mass is 591 g/mol. The maximum atomic E-state index is 14.2. The Balaban J connectivity index is 1.53. The Bertz CT molecular complexity index is 2060. The van der Waals surface area contributed by atoms with Gasteiger partial charge >= 0.3 is 5.97 Å². The van der Waals surface area contributed by atoms with Gasteiger partial charge in [0.25, 0.3) is 5.56 Å². The van der Waals surface area contributed by atoms with Crippen LogP contribution in [0.1, 0.15) is 49.1 Å². The van der Waals surface area contributed by atoms with Crippen molar-refractivity contribution in [1.29, 1.82) is 0 Å². The zero-order chi connectivity index (χ0) is 30.1. The van der Waals surface area contributed by atoms with Crippen LogP contribution in [0.15, 0.2) is 100 Å². The number of aryl methyl sites for hydroxylation is 1. The topological polar surface area (TPSA) is 74.8 Å². The van der Waals surface area contributed by atoms with Crippen molar-refractivity contribution >= 4 is 34.3 Å². The number of hydrogen-bond donors (Lipinski definition) is 0. The summed E-state index contributed by atoms with van der Waals surface area (Å²) in [6, 6.07) is 23.5. The maximum absolute atomic E-state index is 14.2. The number of para-hydroxylation sites is 2. The molecule has 0 saturated heterocycles. The highest BCUT2D eigenvalue weighted by Gasteiger charge is 2.35. The molecule has 3 heterocycles. The maximum Gasteiger partial charge on any atom is 0.338 e. The number of allylic oxidation sites excluding steroid dienone is 1. The van der Waals surface area contributed by atoms with Crippen molar-refractivity contribution in [2.24, 2.45) is 4.99 Å². The van der Waals surface area contributed by atoms with Gasteiger partial charge in [0, 0.05) is 34.8 Å². The number of nitrogens with zero attached hydrogens (tertiary/aromatic N) is 3.